The van der Waals surface area contributed by atoms with Crippen LogP contribution in [0.15, 0.2) is 27.4 Å². The Kier molecular flexibility index (Phi) is 4.55. The molecule has 0 aliphatic heterocycles. The maximum Gasteiger partial charge on any atom is 0.369 e. The molecule has 0 atom stereocenters. The molecule has 6 heteroatoms. The monoisotopic (exact) mass is 294 g/mol. The number of hydrogen-bond acceptors (Lipinski definition) is 6. The second kappa shape index (κ2) is 6.16. The van der Waals surface area contributed by atoms with Crippen LogP contribution >= 0.6 is 23.1 Å². The van der Waals surface area contributed by atoms with E-state index in [4.69, 9.17) is 4.74 Å². The lowest BCUT2D eigenvalue weighted by molar-refractivity contribution is 0.0525. The summed E-state index contributed by atoms with van der Waals surface area (Å²) < 4.78 is 5.64. The van der Waals surface area contributed by atoms with Crippen molar-refractivity contribution < 1.29 is 9.53 Å². The average Bonchev–Trinajstić information content (AvgIpc) is 2.82. The maximum atomic E-state index is 11.5. The SMILES string of the molecule is CCOC(=O)c1nnc(Sc2ccc(C)cc2C)s1. The van der Waals surface area contributed by atoms with Crippen LogP contribution < -0.4 is 0 Å². The number of hydrogen-bond donors (Lipinski definition) is 0. The Morgan fingerprint density at radius 3 is 2.84 bits per heavy atom. The summed E-state index contributed by atoms with van der Waals surface area (Å²) in [5, 5.41) is 8.16. The second-order valence-electron chi connectivity index (χ2n) is 3.96. The zero-order chi connectivity index (χ0) is 13.8. The molecule has 0 aliphatic rings. The lowest BCUT2D eigenvalue weighted by atomic mass is 10.2. The molecule has 4 nitrogen and oxygen atoms in total. The van der Waals surface area contributed by atoms with Crippen molar-refractivity contribution in [1.82, 2.24) is 10.2 Å². The number of ether oxygens (including phenoxy) is 1. The van der Waals surface area contributed by atoms with Crippen molar-refractivity contribution in [3.63, 3.8) is 0 Å². The first-order valence-electron chi connectivity index (χ1n) is 5.86. The van der Waals surface area contributed by atoms with E-state index in [1.165, 1.54) is 34.2 Å². The van der Waals surface area contributed by atoms with Crippen LogP contribution in [0.1, 0.15) is 27.9 Å². The Labute approximate surface area is 120 Å². The highest BCUT2D eigenvalue weighted by Crippen LogP contribution is 2.32. The number of nitrogens with zero attached hydrogens (tertiary/aromatic N) is 2. The minimum Gasteiger partial charge on any atom is -0.461 e. The fourth-order valence-corrected chi connectivity index (χ4v) is 3.30. The number of esters is 1. The van der Waals surface area contributed by atoms with Crippen LogP contribution in [0.4, 0.5) is 0 Å². The Bertz CT molecular complexity index is 596. The number of aromatic nitrogens is 2. The van der Waals surface area contributed by atoms with E-state index in [0.717, 1.165) is 9.24 Å². The first kappa shape index (κ1) is 14.0. The molecule has 0 amide bonds. The first-order valence-corrected chi connectivity index (χ1v) is 7.49. The zero-order valence-corrected chi connectivity index (χ0v) is 12.6. The van der Waals surface area contributed by atoms with E-state index in [9.17, 15) is 4.79 Å². The first-order chi connectivity index (χ1) is 9.10. The molecule has 100 valence electrons. The second-order valence-corrected chi connectivity index (χ2v) is 6.23. The van der Waals surface area contributed by atoms with E-state index in [-0.39, 0.29) is 0 Å². The summed E-state index contributed by atoms with van der Waals surface area (Å²) in [6.45, 7) is 6.23. The molecule has 1 heterocycles. The summed E-state index contributed by atoms with van der Waals surface area (Å²) in [7, 11) is 0. The summed E-state index contributed by atoms with van der Waals surface area (Å²) in [6.07, 6.45) is 0. The van der Waals surface area contributed by atoms with E-state index in [1.807, 2.05) is 0 Å². The molecule has 0 aliphatic carbocycles. The highest BCUT2D eigenvalue weighted by atomic mass is 32.2. The lowest BCUT2D eigenvalue weighted by Crippen LogP contribution is -2.03. The van der Waals surface area contributed by atoms with Gasteiger partial charge >= 0.3 is 5.97 Å². The van der Waals surface area contributed by atoms with Gasteiger partial charge in [0.05, 0.1) is 6.61 Å². The Morgan fingerprint density at radius 1 is 1.37 bits per heavy atom. The van der Waals surface area contributed by atoms with Crippen molar-refractivity contribution in [2.24, 2.45) is 0 Å². The molecule has 0 fully saturated rings. The molecule has 0 saturated heterocycles. The summed E-state index contributed by atoms with van der Waals surface area (Å²) >= 11 is 2.77. The molecule has 1 aromatic carbocycles. The van der Waals surface area contributed by atoms with Gasteiger partial charge in [-0.2, -0.15) is 0 Å². The Morgan fingerprint density at radius 2 is 2.16 bits per heavy atom. The zero-order valence-electron chi connectivity index (χ0n) is 11.0. The molecule has 19 heavy (non-hydrogen) atoms. The average molecular weight is 294 g/mol. The molecule has 0 unspecified atom stereocenters. The highest BCUT2D eigenvalue weighted by molar-refractivity contribution is 8.01. The van der Waals surface area contributed by atoms with Gasteiger partial charge < -0.3 is 4.74 Å². The summed E-state index contributed by atoms with van der Waals surface area (Å²) in [4.78, 5) is 12.6. The maximum absolute atomic E-state index is 11.5. The quantitative estimate of drug-likeness (QED) is 0.808. The number of carbonyl (C=O) groups excluding carboxylic acids is 1. The largest absolute Gasteiger partial charge is 0.461 e. The standard InChI is InChI=1S/C13H14N2O2S2/c1-4-17-12(16)11-14-15-13(19-11)18-10-6-5-8(2)7-9(10)3/h5-7H,4H2,1-3H3. The van der Waals surface area contributed by atoms with Gasteiger partial charge in [-0.25, -0.2) is 4.79 Å². The number of carbonyl (C=O) groups is 1. The third-order valence-electron chi connectivity index (χ3n) is 2.38. The molecule has 0 bridgehead atoms. The van der Waals surface area contributed by atoms with E-state index >= 15 is 0 Å². The van der Waals surface area contributed by atoms with Gasteiger partial charge in [-0.1, -0.05) is 40.8 Å². The number of benzene rings is 1. The van der Waals surface area contributed by atoms with Gasteiger partial charge in [0.2, 0.25) is 5.01 Å². The minimum atomic E-state index is -0.410. The highest BCUT2D eigenvalue weighted by Gasteiger charge is 2.14. The van der Waals surface area contributed by atoms with Crippen molar-refractivity contribution in [2.45, 2.75) is 30.0 Å². The summed E-state index contributed by atoms with van der Waals surface area (Å²) in [5.41, 5.74) is 2.42. The van der Waals surface area contributed by atoms with E-state index in [0.29, 0.717) is 11.6 Å². The van der Waals surface area contributed by atoms with Crippen LogP contribution in [0.25, 0.3) is 0 Å². The molecule has 2 aromatic rings. The van der Waals surface area contributed by atoms with Gasteiger partial charge in [-0.15, -0.1) is 10.2 Å². The predicted molar refractivity (Wildman–Crippen MR) is 75.9 cm³/mol. The van der Waals surface area contributed by atoms with Gasteiger partial charge in [-0.05, 0) is 32.4 Å². The van der Waals surface area contributed by atoms with Gasteiger partial charge in [0.25, 0.3) is 0 Å². The summed E-state index contributed by atoms with van der Waals surface area (Å²) in [6, 6.07) is 6.24. The molecule has 2 rings (SSSR count). The van der Waals surface area contributed by atoms with Crippen LogP contribution in [0.2, 0.25) is 0 Å². The molecular weight excluding hydrogens is 280 g/mol. The molecule has 0 N–H and O–H groups in total. The van der Waals surface area contributed by atoms with Crippen molar-refractivity contribution in [2.75, 3.05) is 6.61 Å². The van der Waals surface area contributed by atoms with E-state index in [1.54, 1.807) is 6.92 Å². The van der Waals surface area contributed by atoms with Gasteiger partial charge in [0.15, 0.2) is 4.34 Å². The third kappa shape index (κ3) is 3.54. The Hall–Kier alpha value is -1.40. The smallest absolute Gasteiger partial charge is 0.369 e. The normalized spacial score (nSPS) is 10.5. The molecule has 0 saturated carbocycles. The van der Waals surface area contributed by atoms with E-state index < -0.39 is 5.97 Å². The number of rotatable bonds is 4. The van der Waals surface area contributed by atoms with Crippen LogP contribution in [0, 0.1) is 13.8 Å². The number of aryl methyl sites for hydroxylation is 2. The van der Waals surface area contributed by atoms with Crippen LogP contribution in [-0.2, 0) is 4.74 Å². The van der Waals surface area contributed by atoms with Crippen LogP contribution in [0.3, 0.4) is 0 Å². The fraction of sp³-hybridized carbons (Fsp3) is 0.308. The minimum absolute atomic E-state index is 0.300. The molecule has 1 aromatic heterocycles. The van der Waals surface area contributed by atoms with Gasteiger partial charge in [-0.3, -0.25) is 0 Å². The topological polar surface area (TPSA) is 52.1 Å². The molecule has 0 spiro atoms. The van der Waals surface area contributed by atoms with Crippen molar-refractivity contribution in [3.05, 3.63) is 34.3 Å². The van der Waals surface area contributed by atoms with Crippen LogP contribution in [0.5, 0.6) is 0 Å². The predicted octanol–water partition coefficient (Wildman–Crippen LogP) is 3.48. The summed E-state index contributed by atoms with van der Waals surface area (Å²) in [5.74, 6) is -0.410. The van der Waals surface area contributed by atoms with Crippen molar-refractivity contribution in [3.8, 4) is 0 Å². The molecule has 0 radical (unpaired) electrons. The van der Waals surface area contributed by atoms with E-state index in [2.05, 4.69) is 42.2 Å². The van der Waals surface area contributed by atoms with Gasteiger partial charge in [0.1, 0.15) is 0 Å². The van der Waals surface area contributed by atoms with Gasteiger partial charge in [0, 0.05) is 4.90 Å². The van der Waals surface area contributed by atoms with Crippen molar-refractivity contribution in [1.29, 1.82) is 0 Å². The fourth-order valence-electron chi connectivity index (χ4n) is 1.53. The lowest BCUT2D eigenvalue weighted by Gasteiger charge is -2.03. The third-order valence-corrected chi connectivity index (χ3v) is 4.52. The van der Waals surface area contributed by atoms with Crippen molar-refractivity contribution >= 4 is 29.1 Å². The van der Waals surface area contributed by atoms with Crippen LogP contribution in [-0.4, -0.2) is 22.8 Å². The Balaban J connectivity index is 2.13. The molecular formula is C13H14N2O2S2.